The van der Waals surface area contributed by atoms with Gasteiger partial charge in [0.05, 0.1) is 6.33 Å². The molecule has 1 aromatic heterocycles. The van der Waals surface area contributed by atoms with E-state index in [4.69, 9.17) is 0 Å². The molecule has 12 heavy (non-hydrogen) atoms. The number of imidazole rings is 1. The molecule has 3 nitrogen and oxygen atoms in total. The summed E-state index contributed by atoms with van der Waals surface area (Å²) in [5, 5.41) is 0.485. The fraction of sp³-hybridized carbons (Fsp3) is 0.500. The van der Waals surface area contributed by atoms with E-state index in [1.807, 2.05) is 17.7 Å². The first kappa shape index (κ1) is 9.32. The van der Waals surface area contributed by atoms with E-state index in [0.717, 1.165) is 6.54 Å². The van der Waals surface area contributed by atoms with Crippen LogP contribution < -0.4 is 0 Å². The fourth-order valence-electron chi connectivity index (χ4n) is 1.01. The smallest absolute Gasteiger partial charge is 0.186 e. The maximum Gasteiger partial charge on any atom is 0.186 e. The second-order valence-electron chi connectivity index (χ2n) is 2.68. The minimum atomic E-state index is 0.169. The van der Waals surface area contributed by atoms with Crippen molar-refractivity contribution in [3.8, 4) is 0 Å². The minimum Gasteiger partial charge on any atom is -0.336 e. The zero-order valence-corrected chi connectivity index (χ0v) is 8.04. The second kappa shape index (κ2) is 4.30. The minimum absolute atomic E-state index is 0.169. The van der Waals surface area contributed by atoms with Crippen molar-refractivity contribution < 1.29 is 4.79 Å². The van der Waals surface area contributed by atoms with Crippen LogP contribution in [0, 0.1) is 0 Å². The standard InChI is InChI=1S/C8H12N2OS/c1-7(12-8(2)11)5-10-4-3-9-6-10/h3-4,6-7H,5H2,1-2H3. The molecule has 0 amide bonds. The van der Waals surface area contributed by atoms with Gasteiger partial charge in [0.2, 0.25) is 0 Å². The van der Waals surface area contributed by atoms with Crippen LogP contribution in [0.15, 0.2) is 18.7 Å². The van der Waals surface area contributed by atoms with Crippen molar-refractivity contribution in [3.63, 3.8) is 0 Å². The van der Waals surface area contributed by atoms with Gasteiger partial charge in [-0.25, -0.2) is 4.98 Å². The SMILES string of the molecule is CC(=O)SC(C)Cn1ccnc1. The molecule has 66 valence electrons. The highest BCUT2D eigenvalue weighted by atomic mass is 32.2. The molecule has 0 saturated carbocycles. The van der Waals surface area contributed by atoms with Crippen molar-refractivity contribution >= 4 is 16.9 Å². The Hall–Kier alpha value is -0.770. The van der Waals surface area contributed by atoms with Crippen LogP contribution in [0.25, 0.3) is 0 Å². The third-order valence-electron chi connectivity index (χ3n) is 1.39. The van der Waals surface area contributed by atoms with Gasteiger partial charge in [0, 0.05) is 31.1 Å². The highest BCUT2D eigenvalue weighted by Gasteiger charge is 2.05. The van der Waals surface area contributed by atoms with E-state index in [2.05, 4.69) is 4.98 Å². The molecular weight excluding hydrogens is 172 g/mol. The molecular formula is C8H12N2OS. The predicted molar refractivity (Wildman–Crippen MR) is 50.0 cm³/mol. The van der Waals surface area contributed by atoms with Gasteiger partial charge in [-0.05, 0) is 0 Å². The highest BCUT2D eigenvalue weighted by molar-refractivity contribution is 8.14. The van der Waals surface area contributed by atoms with Crippen LogP contribution in [0.3, 0.4) is 0 Å². The third kappa shape index (κ3) is 3.09. The van der Waals surface area contributed by atoms with E-state index >= 15 is 0 Å². The molecule has 1 rings (SSSR count). The molecule has 1 heterocycles. The molecule has 1 atom stereocenters. The average molecular weight is 184 g/mol. The van der Waals surface area contributed by atoms with E-state index in [0.29, 0.717) is 5.25 Å². The summed E-state index contributed by atoms with van der Waals surface area (Å²) in [6.45, 7) is 4.46. The molecule has 0 aliphatic carbocycles. The van der Waals surface area contributed by atoms with E-state index < -0.39 is 0 Å². The van der Waals surface area contributed by atoms with E-state index in [9.17, 15) is 4.79 Å². The zero-order chi connectivity index (χ0) is 8.97. The van der Waals surface area contributed by atoms with Gasteiger partial charge in [-0.1, -0.05) is 18.7 Å². The number of carbonyl (C=O) groups excluding carboxylic acids is 1. The normalized spacial score (nSPS) is 12.8. The Morgan fingerprint density at radius 3 is 3.00 bits per heavy atom. The van der Waals surface area contributed by atoms with Gasteiger partial charge in [-0.3, -0.25) is 4.79 Å². The van der Waals surface area contributed by atoms with Gasteiger partial charge >= 0.3 is 0 Å². The van der Waals surface area contributed by atoms with Crippen LogP contribution in [-0.2, 0) is 11.3 Å². The lowest BCUT2D eigenvalue weighted by Crippen LogP contribution is -2.09. The van der Waals surface area contributed by atoms with Gasteiger partial charge in [-0.15, -0.1) is 0 Å². The van der Waals surface area contributed by atoms with E-state index in [1.165, 1.54) is 11.8 Å². The Morgan fingerprint density at radius 1 is 1.75 bits per heavy atom. The van der Waals surface area contributed by atoms with Crippen LogP contribution >= 0.6 is 11.8 Å². The predicted octanol–water partition coefficient (Wildman–Crippen LogP) is 1.55. The quantitative estimate of drug-likeness (QED) is 0.715. The van der Waals surface area contributed by atoms with Gasteiger partial charge in [0.25, 0.3) is 0 Å². The summed E-state index contributed by atoms with van der Waals surface area (Å²) < 4.78 is 1.97. The highest BCUT2D eigenvalue weighted by Crippen LogP contribution is 2.12. The van der Waals surface area contributed by atoms with Crippen molar-refractivity contribution in [1.82, 2.24) is 9.55 Å². The monoisotopic (exact) mass is 184 g/mol. The molecule has 0 aliphatic heterocycles. The molecule has 0 radical (unpaired) electrons. The summed E-state index contributed by atoms with van der Waals surface area (Å²) in [4.78, 5) is 14.6. The average Bonchev–Trinajstić information content (AvgIpc) is 2.37. The zero-order valence-electron chi connectivity index (χ0n) is 7.23. The summed E-state index contributed by atoms with van der Waals surface area (Å²) in [5.74, 6) is 0. The van der Waals surface area contributed by atoms with Crippen molar-refractivity contribution in [1.29, 1.82) is 0 Å². The molecule has 0 bridgehead atoms. The Labute approximate surface area is 76.2 Å². The number of aromatic nitrogens is 2. The number of carbonyl (C=O) groups is 1. The number of hydrogen-bond acceptors (Lipinski definition) is 3. The van der Waals surface area contributed by atoms with Crippen molar-refractivity contribution in [2.45, 2.75) is 25.6 Å². The van der Waals surface area contributed by atoms with E-state index in [-0.39, 0.29) is 5.12 Å². The first-order valence-electron chi connectivity index (χ1n) is 3.81. The van der Waals surface area contributed by atoms with Crippen LogP contribution in [-0.4, -0.2) is 19.9 Å². The molecule has 1 unspecified atom stereocenters. The van der Waals surface area contributed by atoms with Gasteiger partial charge in [0.15, 0.2) is 5.12 Å². The summed E-state index contributed by atoms with van der Waals surface area (Å²) in [6.07, 6.45) is 5.40. The Bertz CT molecular complexity index is 246. The van der Waals surface area contributed by atoms with Crippen LogP contribution in [0.2, 0.25) is 0 Å². The lowest BCUT2D eigenvalue weighted by Gasteiger charge is -2.08. The first-order chi connectivity index (χ1) is 5.68. The number of thioether (sulfide) groups is 1. The largest absolute Gasteiger partial charge is 0.336 e. The lowest BCUT2D eigenvalue weighted by atomic mass is 10.5. The van der Waals surface area contributed by atoms with Crippen LogP contribution in [0.5, 0.6) is 0 Å². The summed E-state index contributed by atoms with van der Waals surface area (Å²) in [7, 11) is 0. The Kier molecular flexibility index (Phi) is 3.34. The topological polar surface area (TPSA) is 34.9 Å². The molecule has 1 aromatic rings. The van der Waals surface area contributed by atoms with E-state index in [1.54, 1.807) is 19.4 Å². The van der Waals surface area contributed by atoms with Gasteiger partial charge in [-0.2, -0.15) is 0 Å². The summed E-state index contributed by atoms with van der Waals surface area (Å²) in [5.41, 5.74) is 0. The molecule has 0 saturated heterocycles. The maximum atomic E-state index is 10.7. The molecule has 0 aliphatic rings. The molecule has 0 aromatic carbocycles. The van der Waals surface area contributed by atoms with Crippen molar-refractivity contribution in [2.75, 3.05) is 0 Å². The van der Waals surface area contributed by atoms with Gasteiger partial charge < -0.3 is 4.57 Å². The summed E-state index contributed by atoms with van der Waals surface area (Å²) in [6, 6.07) is 0. The molecule has 0 N–H and O–H groups in total. The number of rotatable bonds is 3. The number of nitrogens with zero attached hydrogens (tertiary/aromatic N) is 2. The maximum absolute atomic E-state index is 10.7. The third-order valence-corrected chi connectivity index (χ3v) is 2.28. The molecule has 4 heteroatoms. The van der Waals surface area contributed by atoms with Crippen molar-refractivity contribution in [3.05, 3.63) is 18.7 Å². The van der Waals surface area contributed by atoms with Gasteiger partial charge in [0.1, 0.15) is 0 Å². The van der Waals surface area contributed by atoms with Crippen LogP contribution in [0.1, 0.15) is 13.8 Å². The van der Waals surface area contributed by atoms with Crippen molar-refractivity contribution in [2.24, 2.45) is 0 Å². The second-order valence-corrected chi connectivity index (χ2v) is 4.29. The first-order valence-corrected chi connectivity index (χ1v) is 4.69. The lowest BCUT2D eigenvalue weighted by molar-refractivity contribution is -0.109. The Balaban J connectivity index is 2.36. The molecule has 0 fully saturated rings. The Morgan fingerprint density at radius 2 is 2.50 bits per heavy atom. The van der Waals surface area contributed by atoms with Crippen LogP contribution in [0.4, 0.5) is 0 Å². The molecule has 0 spiro atoms. The fourth-order valence-corrected chi connectivity index (χ4v) is 1.83. The summed E-state index contributed by atoms with van der Waals surface area (Å²) >= 11 is 1.37. The number of hydrogen-bond donors (Lipinski definition) is 0.